The highest BCUT2D eigenvalue weighted by molar-refractivity contribution is 5.91. The van der Waals surface area contributed by atoms with Crippen LogP contribution in [0.25, 0.3) is 0 Å². The van der Waals surface area contributed by atoms with E-state index in [1.54, 1.807) is 0 Å². The van der Waals surface area contributed by atoms with Crippen LogP contribution < -0.4 is 11.1 Å². The van der Waals surface area contributed by atoms with E-state index >= 15 is 0 Å². The number of hydrogen-bond acceptors (Lipinski definition) is 4. The molecule has 1 aliphatic rings. The maximum absolute atomic E-state index is 11.7. The Kier molecular flexibility index (Phi) is 3.90. The Morgan fingerprint density at radius 3 is 2.71 bits per heavy atom. The van der Waals surface area contributed by atoms with Gasteiger partial charge >= 0.3 is 0 Å². The van der Waals surface area contributed by atoms with Crippen LogP contribution in [0.2, 0.25) is 0 Å². The Bertz CT molecular complexity index is 371. The second-order valence-electron chi connectivity index (χ2n) is 4.54. The molecule has 0 aromatic carbocycles. The number of nitrogens with two attached hydrogens (primary N) is 1. The zero-order chi connectivity index (χ0) is 12.1. The first-order valence-corrected chi connectivity index (χ1v) is 6.11. The summed E-state index contributed by atoms with van der Waals surface area (Å²) < 4.78 is 0. The highest BCUT2D eigenvalue weighted by atomic mass is 16.1. The van der Waals surface area contributed by atoms with Crippen LogP contribution in [-0.2, 0) is 0 Å². The zero-order valence-corrected chi connectivity index (χ0v) is 9.85. The first-order chi connectivity index (χ1) is 8.25. The Hall–Kier alpha value is -1.65. The number of nitrogens with zero attached hydrogens (tertiary/aromatic N) is 2. The third-order valence-electron chi connectivity index (χ3n) is 3.18. The van der Waals surface area contributed by atoms with Gasteiger partial charge in [-0.05, 0) is 18.8 Å². The lowest BCUT2D eigenvalue weighted by Crippen LogP contribution is -2.30. The van der Waals surface area contributed by atoms with Crippen molar-refractivity contribution in [3.05, 3.63) is 18.1 Å². The van der Waals surface area contributed by atoms with Crippen LogP contribution in [0.1, 0.15) is 42.6 Å². The zero-order valence-electron chi connectivity index (χ0n) is 9.85. The van der Waals surface area contributed by atoms with Crippen molar-refractivity contribution in [2.45, 2.75) is 32.1 Å². The second kappa shape index (κ2) is 5.61. The van der Waals surface area contributed by atoms with Crippen LogP contribution in [0.4, 0.5) is 5.82 Å². The van der Waals surface area contributed by atoms with Gasteiger partial charge in [0.2, 0.25) is 0 Å². The fourth-order valence-corrected chi connectivity index (χ4v) is 2.17. The van der Waals surface area contributed by atoms with Crippen molar-refractivity contribution in [2.75, 3.05) is 12.3 Å². The summed E-state index contributed by atoms with van der Waals surface area (Å²) in [5, 5.41) is 2.91. The van der Waals surface area contributed by atoms with E-state index in [1.807, 2.05) is 0 Å². The maximum Gasteiger partial charge on any atom is 0.271 e. The third-order valence-corrected chi connectivity index (χ3v) is 3.18. The molecule has 1 heterocycles. The van der Waals surface area contributed by atoms with Gasteiger partial charge in [-0.1, -0.05) is 19.3 Å². The van der Waals surface area contributed by atoms with Crippen molar-refractivity contribution in [3.63, 3.8) is 0 Å². The van der Waals surface area contributed by atoms with E-state index in [2.05, 4.69) is 15.3 Å². The SMILES string of the molecule is Nc1cnc(C(=O)NCC2CCCCC2)cn1. The molecule has 3 N–H and O–H groups in total. The van der Waals surface area contributed by atoms with Crippen molar-refractivity contribution >= 4 is 11.7 Å². The van der Waals surface area contributed by atoms with Crippen molar-refractivity contribution < 1.29 is 4.79 Å². The van der Waals surface area contributed by atoms with Gasteiger partial charge in [0.25, 0.3) is 5.91 Å². The highest BCUT2D eigenvalue weighted by Gasteiger charge is 2.15. The van der Waals surface area contributed by atoms with Crippen molar-refractivity contribution in [1.82, 2.24) is 15.3 Å². The van der Waals surface area contributed by atoms with E-state index in [9.17, 15) is 4.79 Å². The molecule has 0 radical (unpaired) electrons. The quantitative estimate of drug-likeness (QED) is 0.827. The Labute approximate surface area is 101 Å². The number of amides is 1. The summed E-state index contributed by atoms with van der Waals surface area (Å²) in [6.07, 6.45) is 9.13. The van der Waals surface area contributed by atoms with E-state index in [4.69, 9.17) is 5.73 Å². The van der Waals surface area contributed by atoms with Gasteiger partial charge in [-0.25, -0.2) is 9.97 Å². The molecular formula is C12H18N4O. The van der Waals surface area contributed by atoms with Crippen LogP contribution in [0, 0.1) is 5.92 Å². The van der Waals surface area contributed by atoms with Gasteiger partial charge in [0, 0.05) is 6.54 Å². The molecule has 5 heteroatoms. The minimum Gasteiger partial charge on any atom is -0.382 e. The normalized spacial score (nSPS) is 16.7. The fraction of sp³-hybridized carbons (Fsp3) is 0.583. The highest BCUT2D eigenvalue weighted by Crippen LogP contribution is 2.22. The van der Waals surface area contributed by atoms with Gasteiger partial charge in [-0.3, -0.25) is 4.79 Å². The summed E-state index contributed by atoms with van der Waals surface area (Å²) in [7, 11) is 0. The molecule has 1 aromatic heterocycles. The van der Waals surface area contributed by atoms with Gasteiger partial charge < -0.3 is 11.1 Å². The predicted octanol–water partition coefficient (Wildman–Crippen LogP) is 1.37. The summed E-state index contributed by atoms with van der Waals surface area (Å²) >= 11 is 0. The number of carbonyl (C=O) groups excluding carboxylic acids is 1. The average Bonchev–Trinajstić information content (AvgIpc) is 2.38. The number of rotatable bonds is 3. The minimum atomic E-state index is -0.164. The molecule has 0 aliphatic heterocycles. The molecule has 92 valence electrons. The minimum absolute atomic E-state index is 0.164. The molecule has 1 aromatic rings. The molecular weight excluding hydrogens is 216 g/mol. The van der Waals surface area contributed by atoms with Crippen LogP contribution >= 0.6 is 0 Å². The molecule has 0 saturated heterocycles. The van der Waals surface area contributed by atoms with Gasteiger partial charge in [0.1, 0.15) is 11.5 Å². The van der Waals surface area contributed by atoms with E-state index in [0.717, 1.165) is 6.54 Å². The van der Waals surface area contributed by atoms with Gasteiger partial charge in [0.15, 0.2) is 0 Å². The summed E-state index contributed by atoms with van der Waals surface area (Å²) in [4.78, 5) is 19.5. The van der Waals surface area contributed by atoms with E-state index in [1.165, 1.54) is 44.5 Å². The van der Waals surface area contributed by atoms with E-state index < -0.39 is 0 Å². The summed E-state index contributed by atoms with van der Waals surface area (Å²) in [5.41, 5.74) is 5.74. The van der Waals surface area contributed by atoms with Gasteiger partial charge in [0.05, 0.1) is 12.4 Å². The Morgan fingerprint density at radius 1 is 1.29 bits per heavy atom. The molecule has 1 amide bonds. The third kappa shape index (κ3) is 3.41. The summed E-state index contributed by atoms with van der Waals surface area (Å²) in [5.74, 6) is 0.784. The fourth-order valence-electron chi connectivity index (χ4n) is 2.17. The van der Waals surface area contributed by atoms with E-state index in [-0.39, 0.29) is 5.91 Å². The smallest absolute Gasteiger partial charge is 0.271 e. The van der Waals surface area contributed by atoms with Crippen molar-refractivity contribution in [3.8, 4) is 0 Å². The molecule has 1 saturated carbocycles. The van der Waals surface area contributed by atoms with Gasteiger partial charge in [-0.15, -0.1) is 0 Å². The molecule has 1 aliphatic carbocycles. The Morgan fingerprint density at radius 2 is 2.06 bits per heavy atom. The largest absolute Gasteiger partial charge is 0.382 e. The van der Waals surface area contributed by atoms with Crippen LogP contribution in [0.5, 0.6) is 0 Å². The van der Waals surface area contributed by atoms with Crippen LogP contribution in [0.15, 0.2) is 12.4 Å². The first-order valence-electron chi connectivity index (χ1n) is 6.11. The number of nitrogens with one attached hydrogen (secondary N) is 1. The number of anilines is 1. The topological polar surface area (TPSA) is 80.9 Å². The maximum atomic E-state index is 11.7. The molecule has 0 unspecified atom stereocenters. The van der Waals surface area contributed by atoms with Gasteiger partial charge in [-0.2, -0.15) is 0 Å². The lowest BCUT2D eigenvalue weighted by Gasteiger charge is -2.21. The van der Waals surface area contributed by atoms with Crippen LogP contribution in [-0.4, -0.2) is 22.4 Å². The number of hydrogen-bond donors (Lipinski definition) is 2. The number of aromatic nitrogens is 2. The molecule has 0 spiro atoms. The van der Waals surface area contributed by atoms with Crippen molar-refractivity contribution in [1.29, 1.82) is 0 Å². The lowest BCUT2D eigenvalue weighted by molar-refractivity contribution is 0.0938. The number of carbonyl (C=O) groups is 1. The first kappa shape index (κ1) is 11.8. The number of nitrogen functional groups attached to an aromatic ring is 1. The molecule has 0 bridgehead atoms. The molecule has 5 nitrogen and oxygen atoms in total. The molecule has 2 rings (SSSR count). The average molecular weight is 234 g/mol. The summed E-state index contributed by atoms with van der Waals surface area (Å²) in [6.45, 7) is 0.741. The van der Waals surface area contributed by atoms with Crippen molar-refractivity contribution in [2.24, 2.45) is 5.92 Å². The Balaban J connectivity index is 1.82. The monoisotopic (exact) mass is 234 g/mol. The molecule has 17 heavy (non-hydrogen) atoms. The predicted molar refractivity (Wildman–Crippen MR) is 65.4 cm³/mol. The molecule has 1 fully saturated rings. The second-order valence-corrected chi connectivity index (χ2v) is 4.54. The molecule has 0 atom stereocenters. The standard InChI is InChI=1S/C12H18N4O/c13-11-8-14-10(7-15-11)12(17)16-6-9-4-2-1-3-5-9/h7-9H,1-6H2,(H2,13,15)(H,16,17). The lowest BCUT2D eigenvalue weighted by atomic mass is 9.89. The van der Waals surface area contributed by atoms with Crippen LogP contribution in [0.3, 0.4) is 0 Å². The summed E-state index contributed by atoms with van der Waals surface area (Å²) in [6, 6.07) is 0. The van der Waals surface area contributed by atoms with E-state index in [0.29, 0.717) is 17.4 Å².